The predicted molar refractivity (Wildman–Crippen MR) is 72.7 cm³/mol. The van der Waals surface area contributed by atoms with Gasteiger partial charge in [0.05, 0.1) is 7.11 Å². The number of ketones is 1. The topological polar surface area (TPSA) is 62.4 Å². The van der Waals surface area contributed by atoms with Crippen LogP contribution in [-0.4, -0.2) is 36.9 Å². The van der Waals surface area contributed by atoms with Gasteiger partial charge in [-0.2, -0.15) is 0 Å². The maximum Gasteiger partial charge on any atom is 0.206 e. The number of hydrogen-bond donors (Lipinski definition) is 1. The number of nitrogens with one attached hydrogen (secondary N) is 1. The number of hydrogen-bond acceptors (Lipinski definition) is 4. The van der Waals surface area contributed by atoms with Gasteiger partial charge >= 0.3 is 0 Å². The molecule has 1 saturated carbocycles. The van der Waals surface area contributed by atoms with E-state index in [1.54, 1.807) is 25.2 Å². The Balaban J connectivity index is 2.39. The molecule has 0 saturated heterocycles. The van der Waals surface area contributed by atoms with E-state index < -0.39 is 0 Å². The fourth-order valence-corrected chi connectivity index (χ4v) is 1.86. The predicted octanol–water partition coefficient (Wildman–Crippen LogP) is 1.52. The number of aromatic nitrogens is 1. The molecule has 0 atom stereocenters. The molecule has 0 aliphatic heterocycles. The van der Waals surface area contributed by atoms with Crippen LogP contribution in [0.15, 0.2) is 23.1 Å². The van der Waals surface area contributed by atoms with E-state index in [0.717, 1.165) is 18.5 Å². The summed E-state index contributed by atoms with van der Waals surface area (Å²) in [5.74, 6) is 0.306. The largest absolute Gasteiger partial charge is 0.482 e. The lowest BCUT2D eigenvalue weighted by Crippen LogP contribution is -2.17. The fourth-order valence-electron chi connectivity index (χ4n) is 1.86. The average molecular weight is 262 g/mol. The molecule has 102 valence electrons. The lowest BCUT2D eigenvalue weighted by atomic mass is 10.1. The van der Waals surface area contributed by atoms with Gasteiger partial charge in [0.1, 0.15) is 5.56 Å². The van der Waals surface area contributed by atoms with Gasteiger partial charge in [-0.25, -0.2) is 0 Å². The van der Waals surface area contributed by atoms with Crippen molar-refractivity contribution in [3.63, 3.8) is 0 Å². The molecule has 5 heteroatoms. The summed E-state index contributed by atoms with van der Waals surface area (Å²) in [5.41, 5.74) is 0.630. The lowest BCUT2D eigenvalue weighted by molar-refractivity contribution is 0.104. The zero-order chi connectivity index (χ0) is 14.0. The number of ether oxygens (including phenoxy) is 1. The summed E-state index contributed by atoms with van der Waals surface area (Å²) in [6.45, 7) is 0. The molecule has 1 heterocycles. The third-order valence-electron chi connectivity index (χ3n) is 3.01. The van der Waals surface area contributed by atoms with E-state index in [9.17, 15) is 9.59 Å². The zero-order valence-electron chi connectivity index (χ0n) is 11.4. The van der Waals surface area contributed by atoms with Crippen LogP contribution in [0.4, 0.5) is 0 Å². The van der Waals surface area contributed by atoms with Crippen molar-refractivity contribution in [1.82, 2.24) is 9.88 Å². The Labute approximate surface area is 111 Å². The van der Waals surface area contributed by atoms with Gasteiger partial charge in [0.2, 0.25) is 5.88 Å². The Bertz CT molecular complexity index is 569. The summed E-state index contributed by atoms with van der Waals surface area (Å²) in [4.78, 5) is 28.9. The molecule has 1 aromatic rings. The van der Waals surface area contributed by atoms with E-state index in [1.165, 1.54) is 19.3 Å². The molecule has 0 spiro atoms. The van der Waals surface area contributed by atoms with Crippen molar-refractivity contribution in [2.24, 2.45) is 0 Å². The van der Waals surface area contributed by atoms with Gasteiger partial charge in [0.15, 0.2) is 11.2 Å². The smallest absolute Gasteiger partial charge is 0.206 e. The molecule has 5 nitrogen and oxygen atoms in total. The summed E-state index contributed by atoms with van der Waals surface area (Å²) in [7, 11) is 5.07. The third-order valence-corrected chi connectivity index (χ3v) is 3.01. The van der Waals surface area contributed by atoms with E-state index in [0.29, 0.717) is 5.92 Å². The maximum atomic E-state index is 12.1. The standard InChI is InChI=1S/C14H18N2O3/c1-16(2)7-6-11(17)13-12(18)8-10(9-4-5-9)15-14(13)19-3/h6-9H,4-5H2,1-3H3,(H,15,18). The second-order valence-corrected chi connectivity index (χ2v) is 4.92. The van der Waals surface area contributed by atoms with Crippen LogP contribution in [-0.2, 0) is 0 Å². The Hall–Kier alpha value is -2.04. The maximum absolute atomic E-state index is 12.1. The van der Waals surface area contributed by atoms with Gasteiger partial charge in [0, 0.05) is 38.1 Å². The summed E-state index contributed by atoms with van der Waals surface area (Å²) in [5, 5.41) is 0. The van der Waals surface area contributed by atoms with E-state index in [-0.39, 0.29) is 22.7 Å². The summed E-state index contributed by atoms with van der Waals surface area (Å²) >= 11 is 0. The minimum atomic E-state index is -0.353. The van der Waals surface area contributed by atoms with Crippen LogP contribution in [0.5, 0.6) is 5.88 Å². The minimum Gasteiger partial charge on any atom is -0.482 e. The van der Waals surface area contributed by atoms with E-state index in [2.05, 4.69) is 4.98 Å². The van der Waals surface area contributed by atoms with Gasteiger partial charge in [0.25, 0.3) is 0 Å². The Morgan fingerprint density at radius 1 is 1.47 bits per heavy atom. The van der Waals surface area contributed by atoms with Crippen molar-refractivity contribution in [3.05, 3.63) is 39.8 Å². The number of aromatic amines is 1. The van der Waals surface area contributed by atoms with Crippen molar-refractivity contribution in [2.45, 2.75) is 18.8 Å². The van der Waals surface area contributed by atoms with Gasteiger partial charge in [-0.15, -0.1) is 0 Å². The highest BCUT2D eigenvalue weighted by Gasteiger charge is 2.27. The Kier molecular flexibility index (Phi) is 3.74. The van der Waals surface area contributed by atoms with Crippen LogP contribution in [0.3, 0.4) is 0 Å². The first-order valence-corrected chi connectivity index (χ1v) is 6.23. The summed E-state index contributed by atoms with van der Waals surface area (Å²) in [6.07, 6.45) is 5.12. The molecule has 1 aliphatic rings. The molecule has 0 radical (unpaired) electrons. The van der Waals surface area contributed by atoms with Gasteiger partial charge in [-0.05, 0) is 18.8 Å². The third kappa shape index (κ3) is 3.05. The molecule has 1 fully saturated rings. The zero-order valence-corrected chi connectivity index (χ0v) is 11.4. The van der Waals surface area contributed by atoms with Crippen molar-refractivity contribution in [3.8, 4) is 5.88 Å². The molecule has 0 amide bonds. The second kappa shape index (κ2) is 5.30. The molecule has 1 N–H and O–H groups in total. The van der Waals surface area contributed by atoms with E-state index in [4.69, 9.17) is 4.74 Å². The fraction of sp³-hybridized carbons (Fsp3) is 0.429. The van der Waals surface area contributed by atoms with Crippen LogP contribution in [0.25, 0.3) is 0 Å². The first-order chi connectivity index (χ1) is 9.02. The van der Waals surface area contributed by atoms with Crippen LogP contribution in [0, 0.1) is 0 Å². The van der Waals surface area contributed by atoms with Crippen molar-refractivity contribution in [1.29, 1.82) is 0 Å². The number of nitrogens with zero attached hydrogens (tertiary/aromatic N) is 1. The SMILES string of the molecule is COc1[nH]c(C2CC2)cc(=O)c1C(=O)C=CN(C)C. The highest BCUT2D eigenvalue weighted by Crippen LogP contribution is 2.39. The van der Waals surface area contributed by atoms with Gasteiger partial charge < -0.3 is 14.6 Å². The molecule has 0 bridgehead atoms. The van der Waals surface area contributed by atoms with Crippen molar-refractivity contribution in [2.75, 3.05) is 21.2 Å². The quantitative estimate of drug-likeness (QED) is 0.645. The monoisotopic (exact) mass is 262 g/mol. The number of pyridine rings is 1. The number of allylic oxidation sites excluding steroid dienone is 1. The van der Waals surface area contributed by atoms with Crippen molar-refractivity contribution < 1.29 is 9.53 Å². The normalized spacial score (nSPS) is 14.7. The molecule has 0 unspecified atom stereocenters. The van der Waals surface area contributed by atoms with Crippen LogP contribution >= 0.6 is 0 Å². The molecule has 1 aliphatic carbocycles. The van der Waals surface area contributed by atoms with Gasteiger partial charge in [-0.3, -0.25) is 9.59 Å². The molecular weight excluding hydrogens is 244 g/mol. The Morgan fingerprint density at radius 3 is 2.68 bits per heavy atom. The average Bonchev–Trinajstić information content (AvgIpc) is 3.19. The number of carbonyl (C=O) groups is 1. The van der Waals surface area contributed by atoms with Crippen molar-refractivity contribution >= 4 is 5.78 Å². The number of methoxy groups -OCH3 is 1. The first kappa shape index (κ1) is 13.4. The minimum absolute atomic E-state index is 0.0602. The summed E-state index contributed by atoms with van der Waals surface area (Å²) in [6, 6.07) is 1.51. The number of carbonyl (C=O) groups excluding carboxylic acids is 1. The van der Waals surface area contributed by atoms with E-state index >= 15 is 0 Å². The molecule has 2 rings (SSSR count). The molecule has 1 aromatic heterocycles. The Morgan fingerprint density at radius 2 is 2.16 bits per heavy atom. The number of H-pyrrole nitrogens is 1. The number of rotatable bonds is 5. The molecule has 19 heavy (non-hydrogen) atoms. The second-order valence-electron chi connectivity index (χ2n) is 4.92. The van der Waals surface area contributed by atoms with Gasteiger partial charge in [-0.1, -0.05) is 0 Å². The highest BCUT2D eigenvalue weighted by atomic mass is 16.5. The van der Waals surface area contributed by atoms with Crippen LogP contribution < -0.4 is 10.2 Å². The lowest BCUT2D eigenvalue weighted by Gasteiger charge is -2.08. The summed E-state index contributed by atoms with van der Waals surface area (Å²) < 4.78 is 5.15. The van der Waals surface area contributed by atoms with Crippen LogP contribution in [0.2, 0.25) is 0 Å². The molecule has 0 aromatic carbocycles. The van der Waals surface area contributed by atoms with Crippen LogP contribution in [0.1, 0.15) is 34.8 Å². The first-order valence-electron chi connectivity index (χ1n) is 6.23. The highest BCUT2D eigenvalue weighted by molar-refractivity contribution is 6.06. The molecular formula is C14H18N2O3. The van der Waals surface area contributed by atoms with E-state index in [1.807, 2.05) is 0 Å².